The first-order valence-electron chi connectivity index (χ1n) is 6.13. The SMILES string of the molecule is CNCc1sccc1S(=O)(=O)N(C)C(C)CCSC. The number of thioether (sulfide) groups is 1. The van der Waals surface area contributed by atoms with Gasteiger partial charge in [0.05, 0.1) is 4.90 Å². The second kappa shape index (κ2) is 7.64. The Morgan fingerprint density at radius 2 is 2.21 bits per heavy atom. The van der Waals surface area contributed by atoms with Gasteiger partial charge in [-0.05, 0) is 43.8 Å². The van der Waals surface area contributed by atoms with Gasteiger partial charge in [0, 0.05) is 24.5 Å². The van der Waals surface area contributed by atoms with Gasteiger partial charge in [-0.3, -0.25) is 0 Å². The molecule has 0 spiro atoms. The van der Waals surface area contributed by atoms with Crippen molar-refractivity contribution in [1.29, 1.82) is 0 Å². The van der Waals surface area contributed by atoms with Crippen LogP contribution in [-0.4, -0.2) is 44.9 Å². The third-order valence-electron chi connectivity index (χ3n) is 3.06. The summed E-state index contributed by atoms with van der Waals surface area (Å²) in [5.41, 5.74) is 0. The first kappa shape index (κ1) is 17.0. The maximum Gasteiger partial charge on any atom is 0.244 e. The van der Waals surface area contributed by atoms with Crippen LogP contribution in [0, 0.1) is 0 Å². The van der Waals surface area contributed by atoms with Crippen molar-refractivity contribution in [2.24, 2.45) is 0 Å². The maximum absolute atomic E-state index is 12.6. The molecule has 0 saturated carbocycles. The summed E-state index contributed by atoms with van der Waals surface area (Å²) in [6.45, 7) is 2.54. The quantitative estimate of drug-likeness (QED) is 0.797. The molecule has 19 heavy (non-hydrogen) atoms. The normalized spacial score (nSPS) is 13.9. The first-order valence-corrected chi connectivity index (χ1v) is 9.84. The van der Waals surface area contributed by atoms with Crippen molar-refractivity contribution in [3.8, 4) is 0 Å². The molecule has 0 radical (unpaired) electrons. The third kappa shape index (κ3) is 4.19. The fourth-order valence-electron chi connectivity index (χ4n) is 1.71. The Balaban J connectivity index is 2.93. The molecular formula is C12H22N2O2S3. The van der Waals surface area contributed by atoms with Crippen molar-refractivity contribution in [3.05, 3.63) is 16.3 Å². The molecule has 0 bridgehead atoms. The van der Waals surface area contributed by atoms with Crippen LogP contribution in [0.15, 0.2) is 16.3 Å². The van der Waals surface area contributed by atoms with Crippen LogP contribution in [0.5, 0.6) is 0 Å². The van der Waals surface area contributed by atoms with Gasteiger partial charge in [0.2, 0.25) is 10.0 Å². The molecule has 1 unspecified atom stereocenters. The molecule has 0 aliphatic heterocycles. The van der Waals surface area contributed by atoms with E-state index in [1.54, 1.807) is 24.9 Å². The number of rotatable bonds is 8. The number of hydrogen-bond acceptors (Lipinski definition) is 5. The lowest BCUT2D eigenvalue weighted by atomic mass is 10.3. The van der Waals surface area contributed by atoms with Crippen molar-refractivity contribution >= 4 is 33.1 Å². The van der Waals surface area contributed by atoms with E-state index in [1.807, 2.05) is 25.6 Å². The highest BCUT2D eigenvalue weighted by Crippen LogP contribution is 2.26. The van der Waals surface area contributed by atoms with Crippen molar-refractivity contribution in [2.75, 3.05) is 26.1 Å². The molecule has 0 amide bonds. The smallest absolute Gasteiger partial charge is 0.244 e. The minimum atomic E-state index is -3.38. The van der Waals surface area contributed by atoms with E-state index in [1.165, 1.54) is 15.6 Å². The molecule has 1 N–H and O–H groups in total. The molecule has 0 fully saturated rings. The monoisotopic (exact) mass is 322 g/mol. The fraction of sp³-hybridized carbons (Fsp3) is 0.667. The Hall–Kier alpha value is -0.0800. The molecule has 0 saturated heterocycles. The summed E-state index contributed by atoms with van der Waals surface area (Å²) >= 11 is 3.21. The van der Waals surface area contributed by atoms with Gasteiger partial charge in [0.15, 0.2) is 0 Å². The van der Waals surface area contributed by atoms with Crippen molar-refractivity contribution in [3.63, 3.8) is 0 Å². The van der Waals surface area contributed by atoms with Crippen LogP contribution in [0.25, 0.3) is 0 Å². The van der Waals surface area contributed by atoms with Crippen LogP contribution in [0.2, 0.25) is 0 Å². The van der Waals surface area contributed by atoms with Gasteiger partial charge in [0.1, 0.15) is 0 Å². The van der Waals surface area contributed by atoms with Gasteiger partial charge < -0.3 is 5.32 Å². The van der Waals surface area contributed by atoms with Gasteiger partial charge in [0.25, 0.3) is 0 Å². The summed E-state index contributed by atoms with van der Waals surface area (Å²) in [5.74, 6) is 0.966. The van der Waals surface area contributed by atoms with Gasteiger partial charge in [-0.15, -0.1) is 11.3 Å². The van der Waals surface area contributed by atoms with Crippen LogP contribution in [-0.2, 0) is 16.6 Å². The van der Waals surface area contributed by atoms with E-state index in [0.717, 1.165) is 17.1 Å². The van der Waals surface area contributed by atoms with E-state index < -0.39 is 10.0 Å². The topological polar surface area (TPSA) is 49.4 Å². The Labute approximate surface area is 124 Å². The van der Waals surface area contributed by atoms with E-state index >= 15 is 0 Å². The molecule has 1 heterocycles. The van der Waals surface area contributed by atoms with Crippen LogP contribution >= 0.6 is 23.1 Å². The van der Waals surface area contributed by atoms with Crippen LogP contribution in [0.4, 0.5) is 0 Å². The number of nitrogens with one attached hydrogen (secondary N) is 1. The molecular weight excluding hydrogens is 300 g/mol. The molecule has 4 nitrogen and oxygen atoms in total. The largest absolute Gasteiger partial charge is 0.315 e. The predicted octanol–water partition coefficient (Wildman–Crippen LogP) is 2.23. The second-order valence-electron chi connectivity index (χ2n) is 4.39. The predicted molar refractivity (Wildman–Crippen MR) is 84.5 cm³/mol. The summed E-state index contributed by atoms with van der Waals surface area (Å²) in [6, 6.07) is 1.71. The van der Waals surface area contributed by atoms with E-state index in [-0.39, 0.29) is 6.04 Å². The van der Waals surface area contributed by atoms with E-state index in [4.69, 9.17) is 0 Å². The zero-order chi connectivity index (χ0) is 14.5. The fourth-order valence-corrected chi connectivity index (χ4v) is 5.10. The van der Waals surface area contributed by atoms with E-state index in [2.05, 4.69) is 5.32 Å². The average Bonchev–Trinajstić information content (AvgIpc) is 2.84. The minimum absolute atomic E-state index is 0.0137. The summed E-state index contributed by atoms with van der Waals surface area (Å²) in [4.78, 5) is 1.30. The third-order valence-corrected chi connectivity index (χ3v) is 6.81. The Kier molecular flexibility index (Phi) is 6.82. The molecule has 7 heteroatoms. The van der Waals surface area contributed by atoms with Gasteiger partial charge in [-0.1, -0.05) is 0 Å². The highest BCUT2D eigenvalue weighted by Gasteiger charge is 2.27. The molecule has 1 aromatic heterocycles. The average molecular weight is 323 g/mol. The lowest BCUT2D eigenvalue weighted by Crippen LogP contribution is -2.35. The number of nitrogens with zero attached hydrogens (tertiary/aromatic N) is 1. The zero-order valence-electron chi connectivity index (χ0n) is 11.8. The van der Waals surface area contributed by atoms with Crippen LogP contribution in [0.1, 0.15) is 18.2 Å². The molecule has 0 aliphatic carbocycles. The summed E-state index contributed by atoms with van der Waals surface area (Å²) < 4.78 is 26.7. The Morgan fingerprint density at radius 3 is 2.79 bits per heavy atom. The molecule has 1 aromatic rings. The standard InChI is InChI=1S/C12H22N2O2S3/c1-10(5-7-17-4)14(3)19(15,16)12-6-8-18-11(12)9-13-2/h6,8,10,13H,5,7,9H2,1-4H3. The first-order chi connectivity index (χ1) is 8.95. The Bertz CT molecular complexity index is 485. The van der Waals surface area contributed by atoms with Gasteiger partial charge in [-0.25, -0.2) is 8.42 Å². The highest BCUT2D eigenvalue weighted by atomic mass is 32.2. The van der Waals surface area contributed by atoms with Gasteiger partial charge >= 0.3 is 0 Å². The number of sulfonamides is 1. The van der Waals surface area contributed by atoms with Crippen molar-refractivity contribution in [2.45, 2.75) is 30.8 Å². The van der Waals surface area contributed by atoms with E-state index in [0.29, 0.717) is 11.4 Å². The van der Waals surface area contributed by atoms with Crippen molar-refractivity contribution < 1.29 is 8.42 Å². The molecule has 0 aromatic carbocycles. The molecule has 1 atom stereocenters. The minimum Gasteiger partial charge on any atom is -0.315 e. The molecule has 0 aliphatic rings. The second-order valence-corrected chi connectivity index (χ2v) is 8.34. The number of hydrogen-bond donors (Lipinski definition) is 1. The van der Waals surface area contributed by atoms with Crippen LogP contribution < -0.4 is 5.32 Å². The summed E-state index contributed by atoms with van der Waals surface area (Å²) in [6.07, 6.45) is 2.90. The molecule has 1 rings (SSSR count). The zero-order valence-corrected chi connectivity index (χ0v) is 14.3. The lowest BCUT2D eigenvalue weighted by molar-refractivity contribution is 0.382. The highest BCUT2D eigenvalue weighted by molar-refractivity contribution is 7.98. The summed E-state index contributed by atoms with van der Waals surface area (Å²) in [5, 5.41) is 4.84. The van der Waals surface area contributed by atoms with Gasteiger partial charge in [-0.2, -0.15) is 16.1 Å². The number of thiophene rings is 1. The maximum atomic E-state index is 12.6. The van der Waals surface area contributed by atoms with Crippen molar-refractivity contribution in [1.82, 2.24) is 9.62 Å². The summed E-state index contributed by atoms with van der Waals surface area (Å²) in [7, 11) is 0.105. The lowest BCUT2D eigenvalue weighted by Gasteiger charge is -2.24. The molecule has 110 valence electrons. The van der Waals surface area contributed by atoms with Crippen LogP contribution in [0.3, 0.4) is 0 Å². The Morgan fingerprint density at radius 1 is 1.53 bits per heavy atom. The van der Waals surface area contributed by atoms with E-state index in [9.17, 15) is 8.42 Å².